The van der Waals surface area contributed by atoms with Crippen LogP contribution in [0.5, 0.6) is 5.75 Å². The van der Waals surface area contributed by atoms with E-state index in [4.69, 9.17) is 4.74 Å². The second kappa shape index (κ2) is 4.23. The van der Waals surface area contributed by atoms with Crippen LogP contribution in [-0.4, -0.2) is 14.2 Å². The Hall–Kier alpha value is -1.02. The number of rotatable bonds is 2. The summed E-state index contributed by atoms with van der Waals surface area (Å²) in [5.41, 5.74) is 2.80. The molecule has 0 bridgehead atoms. The van der Waals surface area contributed by atoms with Crippen molar-refractivity contribution in [3.8, 4) is 5.75 Å². The smallest absolute Gasteiger partial charge is 0.122 e. The van der Waals surface area contributed by atoms with Crippen LogP contribution in [0.3, 0.4) is 0 Å². The third-order valence-electron chi connectivity index (χ3n) is 3.30. The fourth-order valence-corrected chi connectivity index (χ4v) is 2.55. The molecule has 0 aromatic heterocycles. The van der Waals surface area contributed by atoms with Crippen molar-refractivity contribution in [3.05, 3.63) is 29.3 Å². The summed E-state index contributed by atoms with van der Waals surface area (Å²) in [5.74, 6) is 1.77. The molecular weight excluding hydrogens is 186 g/mol. The highest BCUT2D eigenvalue weighted by Crippen LogP contribution is 2.37. The van der Waals surface area contributed by atoms with Gasteiger partial charge in [-0.15, -0.1) is 0 Å². The van der Waals surface area contributed by atoms with E-state index in [1.165, 1.54) is 17.5 Å². The van der Waals surface area contributed by atoms with Gasteiger partial charge in [0.15, 0.2) is 0 Å². The molecule has 0 saturated carbocycles. The van der Waals surface area contributed by atoms with Crippen molar-refractivity contribution in [1.29, 1.82) is 0 Å². The van der Waals surface area contributed by atoms with E-state index in [-0.39, 0.29) is 0 Å². The summed E-state index contributed by atoms with van der Waals surface area (Å²) in [6, 6.07) is 6.84. The predicted octanol–water partition coefficient (Wildman–Crippen LogP) is 2.54. The summed E-state index contributed by atoms with van der Waals surface area (Å²) < 4.78 is 5.43. The van der Waals surface area contributed by atoms with E-state index in [0.29, 0.717) is 6.04 Å². The molecule has 2 atom stereocenters. The Bertz CT molecular complexity index is 348. The fourth-order valence-electron chi connectivity index (χ4n) is 2.55. The largest absolute Gasteiger partial charge is 0.496 e. The fraction of sp³-hybridized carbons (Fsp3) is 0.538. The van der Waals surface area contributed by atoms with Crippen LogP contribution < -0.4 is 10.1 Å². The maximum absolute atomic E-state index is 5.43. The van der Waals surface area contributed by atoms with Gasteiger partial charge in [-0.05, 0) is 43.0 Å². The quantitative estimate of drug-likeness (QED) is 0.801. The molecule has 0 aliphatic heterocycles. The second-order valence-corrected chi connectivity index (χ2v) is 4.41. The van der Waals surface area contributed by atoms with Gasteiger partial charge in [0.05, 0.1) is 7.11 Å². The summed E-state index contributed by atoms with van der Waals surface area (Å²) in [4.78, 5) is 0. The molecule has 1 N–H and O–H groups in total. The summed E-state index contributed by atoms with van der Waals surface area (Å²) in [6.45, 7) is 2.31. The highest BCUT2D eigenvalue weighted by atomic mass is 16.5. The van der Waals surface area contributed by atoms with Crippen LogP contribution in [0.1, 0.15) is 30.5 Å². The Morgan fingerprint density at radius 3 is 2.87 bits per heavy atom. The molecule has 0 spiro atoms. The zero-order valence-corrected chi connectivity index (χ0v) is 9.71. The van der Waals surface area contributed by atoms with Crippen molar-refractivity contribution in [1.82, 2.24) is 5.32 Å². The molecule has 1 aromatic rings. The van der Waals surface area contributed by atoms with Crippen LogP contribution in [-0.2, 0) is 6.42 Å². The Balaban J connectivity index is 2.45. The summed E-state index contributed by atoms with van der Waals surface area (Å²) in [6.07, 6.45) is 2.36. The van der Waals surface area contributed by atoms with Gasteiger partial charge in [0.2, 0.25) is 0 Å². The van der Waals surface area contributed by atoms with Crippen LogP contribution in [0.2, 0.25) is 0 Å². The average Bonchev–Trinajstić information content (AvgIpc) is 2.27. The second-order valence-electron chi connectivity index (χ2n) is 4.41. The molecule has 2 rings (SSSR count). The Morgan fingerprint density at radius 1 is 1.40 bits per heavy atom. The Morgan fingerprint density at radius 2 is 2.20 bits per heavy atom. The first-order chi connectivity index (χ1) is 7.26. The van der Waals surface area contributed by atoms with Gasteiger partial charge in [0.25, 0.3) is 0 Å². The minimum absolute atomic E-state index is 0.485. The molecule has 2 heteroatoms. The van der Waals surface area contributed by atoms with Crippen molar-refractivity contribution in [2.45, 2.75) is 25.8 Å². The summed E-state index contributed by atoms with van der Waals surface area (Å²) in [5, 5.41) is 3.39. The molecule has 82 valence electrons. The van der Waals surface area contributed by atoms with Gasteiger partial charge in [0.1, 0.15) is 5.75 Å². The molecule has 2 nitrogen and oxygen atoms in total. The topological polar surface area (TPSA) is 21.3 Å². The average molecular weight is 205 g/mol. The van der Waals surface area contributed by atoms with Crippen LogP contribution in [0, 0.1) is 5.92 Å². The Kier molecular flexibility index (Phi) is 2.96. The minimum Gasteiger partial charge on any atom is -0.496 e. The monoisotopic (exact) mass is 205 g/mol. The molecule has 0 radical (unpaired) electrons. The van der Waals surface area contributed by atoms with Gasteiger partial charge in [-0.3, -0.25) is 0 Å². The van der Waals surface area contributed by atoms with E-state index in [1.807, 2.05) is 7.05 Å². The van der Waals surface area contributed by atoms with E-state index >= 15 is 0 Å². The van der Waals surface area contributed by atoms with Crippen molar-refractivity contribution < 1.29 is 4.74 Å². The highest BCUT2D eigenvalue weighted by molar-refractivity contribution is 5.43. The molecular formula is C13H19NO. The zero-order valence-electron chi connectivity index (χ0n) is 9.71. The number of nitrogens with one attached hydrogen (secondary N) is 1. The maximum atomic E-state index is 5.43. The predicted molar refractivity (Wildman–Crippen MR) is 62.3 cm³/mol. The van der Waals surface area contributed by atoms with E-state index in [0.717, 1.165) is 18.1 Å². The third kappa shape index (κ3) is 1.86. The van der Waals surface area contributed by atoms with Gasteiger partial charge < -0.3 is 10.1 Å². The summed E-state index contributed by atoms with van der Waals surface area (Å²) in [7, 11) is 3.79. The number of hydrogen-bond donors (Lipinski definition) is 1. The Labute approximate surface area is 91.6 Å². The van der Waals surface area contributed by atoms with Crippen molar-refractivity contribution in [2.24, 2.45) is 5.92 Å². The highest BCUT2D eigenvalue weighted by Gasteiger charge is 2.25. The number of benzene rings is 1. The molecule has 1 aromatic carbocycles. The first-order valence-corrected chi connectivity index (χ1v) is 5.59. The number of ether oxygens (including phenoxy) is 1. The van der Waals surface area contributed by atoms with E-state index in [2.05, 4.69) is 30.4 Å². The SMILES string of the molecule is CNC1CC(C)Cc2c(OC)cccc21. The molecule has 0 fully saturated rings. The van der Waals surface area contributed by atoms with Gasteiger partial charge in [0, 0.05) is 6.04 Å². The van der Waals surface area contributed by atoms with Crippen molar-refractivity contribution in [2.75, 3.05) is 14.2 Å². The maximum Gasteiger partial charge on any atom is 0.122 e. The molecule has 0 saturated heterocycles. The number of hydrogen-bond acceptors (Lipinski definition) is 2. The lowest BCUT2D eigenvalue weighted by Gasteiger charge is -2.30. The molecule has 15 heavy (non-hydrogen) atoms. The molecule has 0 amide bonds. The van der Waals surface area contributed by atoms with E-state index in [1.54, 1.807) is 7.11 Å². The number of fused-ring (bicyclic) bond motifs is 1. The standard InChI is InChI=1S/C13H19NO/c1-9-7-11-10(12(8-9)14-2)5-4-6-13(11)15-3/h4-6,9,12,14H,7-8H2,1-3H3. The van der Waals surface area contributed by atoms with Crippen LogP contribution in [0.4, 0.5) is 0 Å². The molecule has 0 heterocycles. The number of methoxy groups -OCH3 is 1. The van der Waals surface area contributed by atoms with E-state index in [9.17, 15) is 0 Å². The third-order valence-corrected chi connectivity index (χ3v) is 3.30. The summed E-state index contributed by atoms with van der Waals surface area (Å²) >= 11 is 0. The lowest BCUT2D eigenvalue weighted by Crippen LogP contribution is -2.26. The first-order valence-electron chi connectivity index (χ1n) is 5.59. The lowest BCUT2D eigenvalue weighted by atomic mass is 9.81. The molecule has 2 unspecified atom stereocenters. The van der Waals surface area contributed by atoms with Crippen LogP contribution in [0.25, 0.3) is 0 Å². The van der Waals surface area contributed by atoms with Crippen LogP contribution >= 0.6 is 0 Å². The van der Waals surface area contributed by atoms with Gasteiger partial charge in [-0.2, -0.15) is 0 Å². The molecule has 1 aliphatic rings. The normalized spacial score (nSPS) is 24.7. The van der Waals surface area contributed by atoms with Gasteiger partial charge in [-0.1, -0.05) is 19.1 Å². The molecule has 1 aliphatic carbocycles. The first kappa shape index (κ1) is 10.5. The minimum atomic E-state index is 0.485. The van der Waals surface area contributed by atoms with Crippen molar-refractivity contribution in [3.63, 3.8) is 0 Å². The van der Waals surface area contributed by atoms with Crippen LogP contribution in [0.15, 0.2) is 18.2 Å². The van der Waals surface area contributed by atoms with Gasteiger partial charge >= 0.3 is 0 Å². The van der Waals surface area contributed by atoms with Crippen molar-refractivity contribution >= 4 is 0 Å². The van der Waals surface area contributed by atoms with Gasteiger partial charge in [-0.25, -0.2) is 0 Å². The van der Waals surface area contributed by atoms with E-state index < -0.39 is 0 Å². The lowest BCUT2D eigenvalue weighted by molar-refractivity contribution is 0.369. The zero-order chi connectivity index (χ0) is 10.8.